The van der Waals surface area contributed by atoms with Gasteiger partial charge in [0.1, 0.15) is 11.4 Å². The molecule has 2 N–H and O–H groups in total. The summed E-state index contributed by atoms with van der Waals surface area (Å²) in [5.74, 6) is -0.192. The molecule has 0 bridgehead atoms. The molecule has 2 aromatic carbocycles. The van der Waals surface area contributed by atoms with Gasteiger partial charge in [0.25, 0.3) is 5.91 Å². The van der Waals surface area contributed by atoms with Gasteiger partial charge in [-0.3, -0.25) is 4.79 Å². The maximum Gasteiger partial charge on any atom is 0.253 e. The molecule has 0 spiro atoms. The predicted octanol–water partition coefficient (Wildman–Crippen LogP) is 2.56. The normalized spacial score (nSPS) is 19.3. The predicted molar refractivity (Wildman–Crippen MR) is 101 cm³/mol. The Bertz CT molecular complexity index is 855. The van der Waals surface area contributed by atoms with Crippen LogP contribution in [0.4, 0.5) is 4.39 Å². The molecule has 2 aromatic rings. The van der Waals surface area contributed by atoms with E-state index in [9.17, 15) is 14.3 Å². The van der Waals surface area contributed by atoms with E-state index in [-0.39, 0.29) is 37.5 Å². The summed E-state index contributed by atoms with van der Waals surface area (Å²) in [6.07, 6.45) is 1.55. The van der Waals surface area contributed by atoms with Gasteiger partial charge >= 0.3 is 0 Å². The number of carbonyl (C=O) groups is 1. The van der Waals surface area contributed by atoms with Crippen molar-refractivity contribution in [2.24, 2.45) is 0 Å². The Morgan fingerprint density at radius 1 is 1.14 bits per heavy atom. The first-order valence-corrected chi connectivity index (χ1v) is 9.59. The SMILES string of the molecule is O=C(c1ccc(C2(O)COC2)cc1)N1CCC(c2ccc(CO)c(F)c2)CC1. The molecule has 0 saturated carbocycles. The summed E-state index contributed by atoms with van der Waals surface area (Å²) in [6.45, 7) is 1.50. The van der Waals surface area contributed by atoms with Crippen LogP contribution in [0.15, 0.2) is 42.5 Å². The number of ether oxygens (including phenoxy) is 1. The molecule has 148 valence electrons. The van der Waals surface area contributed by atoms with Gasteiger partial charge in [0, 0.05) is 24.2 Å². The number of carbonyl (C=O) groups excluding carboxylic acids is 1. The van der Waals surface area contributed by atoms with Crippen LogP contribution >= 0.6 is 0 Å². The van der Waals surface area contributed by atoms with Crippen LogP contribution in [-0.2, 0) is 16.9 Å². The maximum atomic E-state index is 13.9. The molecule has 2 heterocycles. The molecule has 2 saturated heterocycles. The number of aliphatic hydroxyl groups is 2. The van der Waals surface area contributed by atoms with Crippen molar-refractivity contribution in [2.75, 3.05) is 26.3 Å². The quantitative estimate of drug-likeness (QED) is 0.849. The van der Waals surface area contributed by atoms with Crippen LogP contribution < -0.4 is 0 Å². The van der Waals surface area contributed by atoms with Crippen molar-refractivity contribution in [3.63, 3.8) is 0 Å². The zero-order chi connectivity index (χ0) is 19.7. The molecule has 0 radical (unpaired) electrons. The van der Waals surface area contributed by atoms with E-state index >= 15 is 0 Å². The highest BCUT2D eigenvalue weighted by atomic mass is 19.1. The van der Waals surface area contributed by atoms with E-state index in [2.05, 4.69) is 0 Å². The third-order valence-electron chi connectivity index (χ3n) is 5.85. The van der Waals surface area contributed by atoms with E-state index in [1.807, 2.05) is 11.0 Å². The molecule has 0 aliphatic carbocycles. The topological polar surface area (TPSA) is 70.0 Å². The van der Waals surface area contributed by atoms with Crippen molar-refractivity contribution in [3.8, 4) is 0 Å². The van der Waals surface area contributed by atoms with E-state index < -0.39 is 5.60 Å². The van der Waals surface area contributed by atoms with Gasteiger partial charge in [-0.15, -0.1) is 0 Å². The molecular formula is C22H24FNO4. The Hall–Kier alpha value is -2.28. The number of piperidine rings is 1. The molecule has 2 fully saturated rings. The third-order valence-corrected chi connectivity index (χ3v) is 5.85. The van der Waals surface area contributed by atoms with Crippen molar-refractivity contribution in [1.82, 2.24) is 4.90 Å². The van der Waals surface area contributed by atoms with Crippen molar-refractivity contribution in [1.29, 1.82) is 0 Å². The van der Waals surface area contributed by atoms with Crippen molar-refractivity contribution in [2.45, 2.75) is 31.0 Å². The average molecular weight is 385 g/mol. The number of rotatable bonds is 4. The van der Waals surface area contributed by atoms with E-state index in [0.717, 1.165) is 24.0 Å². The first kappa shape index (κ1) is 19.1. The van der Waals surface area contributed by atoms with Crippen LogP contribution in [-0.4, -0.2) is 47.3 Å². The minimum atomic E-state index is -0.930. The summed E-state index contributed by atoms with van der Waals surface area (Å²) in [6, 6.07) is 12.1. The minimum absolute atomic E-state index is 0.0244. The molecule has 28 heavy (non-hydrogen) atoms. The van der Waals surface area contributed by atoms with Gasteiger partial charge in [-0.25, -0.2) is 4.39 Å². The number of hydrogen-bond acceptors (Lipinski definition) is 4. The third kappa shape index (κ3) is 3.55. The van der Waals surface area contributed by atoms with Crippen LogP contribution in [0.25, 0.3) is 0 Å². The lowest BCUT2D eigenvalue weighted by atomic mass is 9.88. The van der Waals surface area contributed by atoms with E-state index in [0.29, 0.717) is 24.2 Å². The van der Waals surface area contributed by atoms with Gasteiger partial charge in [0.2, 0.25) is 0 Å². The fourth-order valence-corrected chi connectivity index (χ4v) is 3.93. The van der Waals surface area contributed by atoms with Crippen molar-refractivity contribution in [3.05, 3.63) is 70.5 Å². The molecule has 0 aromatic heterocycles. The fourth-order valence-electron chi connectivity index (χ4n) is 3.93. The summed E-state index contributed by atoms with van der Waals surface area (Å²) in [4.78, 5) is 14.6. The fraction of sp³-hybridized carbons (Fsp3) is 0.409. The zero-order valence-corrected chi connectivity index (χ0v) is 15.6. The first-order valence-electron chi connectivity index (χ1n) is 9.59. The van der Waals surface area contributed by atoms with Gasteiger partial charge < -0.3 is 19.8 Å². The van der Waals surface area contributed by atoms with Crippen LogP contribution in [0.2, 0.25) is 0 Å². The molecule has 2 aliphatic heterocycles. The molecule has 4 rings (SSSR count). The Morgan fingerprint density at radius 2 is 1.82 bits per heavy atom. The van der Waals surface area contributed by atoms with Crippen LogP contribution in [0, 0.1) is 5.82 Å². The van der Waals surface area contributed by atoms with E-state index in [4.69, 9.17) is 9.84 Å². The maximum absolute atomic E-state index is 13.9. The molecule has 5 nitrogen and oxygen atoms in total. The average Bonchev–Trinajstić information content (AvgIpc) is 2.71. The molecule has 1 amide bonds. The Morgan fingerprint density at radius 3 is 2.36 bits per heavy atom. The lowest BCUT2D eigenvalue weighted by Gasteiger charge is -2.37. The lowest BCUT2D eigenvalue weighted by Crippen LogP contribution is -2.46. The monoisotopic (exact) mass is 385 g/mol. The molecule has 2 aliphatic rings. The molecule has 0 unspecified atom stereocenters. The summed E-state index contributed by atoms with van der Waals surface area (Å²) in [5, 5.41) is 19.4. The van der Waals surface area contributed by atoms with Crippen LogP contribution in [0.5, 0.6) is 0 Å². The summed E-state index contributed by atoms with van der Waals surface area (Å²) in [5.41, 5.74) is 1.66. The number of aliphatic hydroxyl groups excluding tert-OH is 1. The number of amides is 1. The molecule has 0 atom stereocenters. The number of benzene rings is 2. The number of hydrogen-bond donors (Lipinski definition) is 2. The van der Waals surface area contributed by atoms with Gasteiger partial charge in [-0.2, -0.15) is 0 Å². The van der Waals surface area contributed by atoms with Crippen molar-refractivity contribution < 1.29 is 24.1 Å². The molecule has 6 heteroatoms. The highest BCUT2D eigenvalue weighted by Crippen LogP contribution is 2.31. The van der Waals surface area contributed by atoms with Gasteiger partial charge in [-0.1, -0.05) is 24.3 Å². The summed E-state index contributed by atoms with van der Waals surface area (Å²) >= 11 is 0. The second kappa shape index (κ2) is 7.62. The van der Waals surface area contributed by atoms with Gasteiger partial charge in [-0.05, 0) is 48.1 Å². The summed E-state index contributed by atoms with van der Waals surface area (Å²) < 4.78 is 19.0. The van der Waals surface area contributed by atoms with Gasteiger partial charge in [0.05, 0.1) is 19.8 Å². The van der Waals surface area contributed by atoms with E-state index in [1.165, 1.54) is 6.07 Å². The highest BCUT2D eigenvalue weighted by molar-refractivity contribution is 5.94. The van der Waals surface area contributed by atoms with Crippen LogP contribution in [0.1, 0.15) is 45.8 Å². The number of halogens is 1. The number of nitrogens with zero attached hydrogens (tertiary/aromatic N) is 1. The smallest absolute Gasteiger partial charge is 0.253 e. The molecular weight excluding hydrogens is 361 g/mol. The Labute approximate surface area is 163 Å². The standard InChI is InChI=1S/C22H24FNO4/c23-20-11-17(1-2-18(20)12-25)15-7-9-24(10-8-15)21(26)16-3-5-19(6-4-16)22(27)13-28-14-22/h1-6,11,15,25,27H,7-10,12-14H2. The largest absolute Gasteiger partial charge is 0.392 e. The first-order chi connectivity index (χ1) is 13.5. The Kier molecular flexibility index (Phi) is 5.19. The van der Waals surface area contributed by atoms with Gasteiger partial charge in [0.15, 0.2) is 0 Å². The highest BCUT2D eigenvalue weighted by Gasteiger charge is 2.38. The summed E-state index contributed by atoms with van der Waals surface area (Å²) in [7, 11) is 0. The van der Waals surface area contributed by atoms with Crippen molar-refractivity contribution >= 4 is 5.91 Å². The van der Waals surface area contributed by atoms with Crippen LogP contribution in [0.3, 0.4) is 0 Å². The minimum Gasteiger partial charge on any atom is -0.392 e. The second-order valence-corrected chi connectivity index (χ2v) is 7.68. The Balaban J connectivity index is 1.38. The van der Waals surface area contributed by atoms with E-state index in [1.54, 1.807) is 30.3 Å². The zero-order valence-electron chi connectivity index (χ0n) is 15.6. The lowest BCUT2D eigenvalue weighted by molar-refractivity contribution is -0.184. The number of likely N-dealkylation sites (tertiary alicyclic amines) is 1. The second-order valence-electron chi connectivity index (χ2n) is 7.68.